The van der Waals surface area contributed by atoms with Crippen LogP contribution in [0, 0.1) is 0 Å². The average Bonchev–Trinajstić information content (AvgIpc) is 3.20. The number of rotatable bonds is 7. The van der Waals surface area contributed by atoms with Crippen LogP contribution in [-0.4, -0.2) is 35.5 Å². The molecule has 0 bridgehead atoms. The summed E-state index contributed by atoms with van der Waals surface area (Å²) < 4.78 is 0. The van der Waals surface area contributed by atoms with Crippen molar-refractivity contribution in [3.8, 4) is 0 Å². The minimum Gasteiger partial charge on any atom is -0.336 e. The van der Waals surface area contributed by atoms with Crippen LogP contribution in [0.1, 0.15) is 25.5 Å². The zero-order valence-electron chi connectivity index (χ0n) is 15.1. The fourth-order valence-electron chi connectivity index (χ4n) is 3.17. The maximum atomic E-state index is 12.5. The minimum absolute atomic E-state index is 0.179. The molecular formula is C20H24N4OS. The molecule has 0 aliphatic heterocycles. The van der Waals surface area contributed by atoms with Crippen LogP contribution in [0.15, 0.2) is 53.5 Å². The van der Waals surface area contributed by atoms with Gasteiger partial charge in [0, 0.05) is 29.7 Å². The molecule has 0 radical (unpaired) electrons. The molecule has 0 unspecified atom stereocenters. The van der Waals surface area contributed by atoms with Crippen molar-refractivity contribution >= 4 is 33.8 Å². The van der Waals surface area contributed by atoms with Gasteiger partial charge in [-0.3, -0.25) is 9.88 Å². The van der Waals surface area contributed by atoms with Crippen molar-refractivity contribution in [1.82, 2.24) is 15.2 Å². The van der Waals surface area contributed by atoms with Gasteiger partial charge in [0.15, 0.2) is 0 Å². The third-order valence-electron chi connectivity index (χ3n) is 4.57. The van der Waals surface area contributed by atoms with Crippen LogP contribution in [0.25, 0.3) is 10.8 Å². The van der Waals surface area contributed by atoms with E-state index in [1.165, 1.54) is 5.56 Å². The highest BCUT2D eigenvalue weighted by atomic mass is 32.1. The number of benzene rings is 1. The molecule has 1 aromatic carbocycles. The maximum absolute atomic E-state index is 12.5. The first kappa shape index (κ1) is 18.4. The van der Waals surface area contributed by atoms with Crippen LogP contribution >= 0.6 is 11.3 Å². The number of nitrogens with one attached hydrogen (secondary N) is 2. The second-order valence-corrected chi connectivity index (χ2v) is 6.81. The summed E-state index contributed by atoms with van der Waals surface area (Å²) >= 11 is 1.68. The number of carbonyl (C=O) groups is 1. The molecule has 0 aliphatic carbocycles. The number of anilines is 1. The Morgan fingerprint density at radius 3 is 2.81 bits per heavy atom. The fraction of sp³-hybridized carbons (Fsp3) is 0.300. The third-order valence-corrected chi connectivity index (χ3v) is 5.27. The van der Waals surface area contributed by atoms with Gasteiger partial charge < -0.3 is 10.6 Å². The van der Waals surface area contributed by atoms with Crippen molar-refractivity contribution in [1.29, 1.82) is 0 Å². The van der Waals surface area contributed by atoms with E-state index in [1.807, 2.05) is 24.3 Å². The standard InChI is InChI=1S/C20H24N4OS/c1-3-24(4-2)19(16-9-11-26-14-16)13-22-20(25)23-18-7-5-6-15-12-21-10-8-17(15)18/h5-12,14,19H,3-4,13H2,1-2H3,(H2,22,23,25)/t19-/m0/s1. The topological polar surface area (TPSA) is 57.3 Å². The molecule has 0 saturated heterocycles. The van der Waals surface area contributed by atoms with Gasteiger partial charge >= 0.3 is 6.03 Å². The van der Waals surface area contributed by atoms with Crippen LogP contribution in [0.3, 0.4) is 0 Å². The molecule has 0 saturated carbocycles. The number of likely N-dealkylation sites (N-methyl/N-ethyl adjacent to an activating group) is 1. The first-order valence-corrected chi connectivity index (χ1v) is 9.81. The number of pyridine rings is 1. The Morgan fingerprint density at radius 1 is 1.23 bits per heavy atom. The number of hydrogen-bond donors (Lipinski definition) is 2. The van der Waals surface area contributed by atoms with E-state index in [0.717, 1.165) is 29.5 Å². The molecule has 0 spiro atoms. The molecule has 3 rings (SSSR count). The quantitative estimate of drug-likeness (QED) is 0.645. The lowest BCUT2D eigenvalue weighted by atomic mass is 10.1. The van der Waals surface area contributed by atoms with Crippen molar-refractivity contribution in [2.75, 3.05) is 25.0 Å². The Bertz CT molecular complexity index is 841. The van der Waals surface area contributed by atoms with Gasteiger partial charge in [-0.2, -0.15) is 11.3 Å². The number of hydrogen-bond acceptors (Lipinski definition) is 4. The Morgan fingerprint density at radius 2 is 2.08 bits per heavy atom. The molecule has 26 heavy (non-hydrogen) atoms. The monoisotopic (exact) mass is 368 g/mol. The van der Waals surface area contributed by atoms with Crippen LogP contribution in [0.4, 0.5) is 10.5 Å². The van der Waals surface area contributed by atoms with Gasteiger partial charge in [0.05, 0.1) is 11.7 Å². The van der Waals surface area contributed by atoms with E-state index in [9.17, 15) is 4.79 Å². The normalized spacial score (nSPS) is 12.3. The van der Waals surface area contributed by atoms with Crippen molar-refractivity contribution < 1.29 is 4.79 Å². The van der Waals surface area contributed by atoms with E-state index in [4.69, 9.17) is 0 Å². The number of nitrogens with zero attached hydrogens (tertiary/aromatic N) is 2. The molecule has 0 fully saturated rings. The fourth-order valence-corrected chi connectivity index (χ4v) is 3.88. The van der Waals surface area contributed by atoms with E-state index < -0.39 is 0 Å². The van der Waals surface area contributed by atoms with E-state index in [1.54, 1.807) is 23.7 Å². The Hall–Kier alpha value is -2.44. The van der Waals surface area contributed by atoms with Crippen molar-refractivity contribution in [3.63, 3.8) is 0 Å². The minimum atomic E-state index is -0.193. The number of amides is 2. The van der Waals surface area contributed by atoms with Gasteiger partial charge in [-0.25, -0.2) is 4.79 Å². The van der Waals surface area contributed by atoms with Gasteiger partial charge in [-0.05, 0) is 47.6 Å². The van der Waals surface area contributed by atoms with Crippen LogP contribution in [-0.2, 0) is 0 Å². The molecule has 3 aromatic rings. The molecule has 2 aromatic heterocycles. The third kappa shape index (κ3) is 4.20. The molecule has 6 heteroatoms. The SMILES string of the molecule is CCN(CC)[C@@H](CNC(=O)Nc1cccc2cnccc12)c1ccsc1. The number of fused-ring (bicyclic) bond motifs is 1. The summed E-state index contributed by atoms with van der Waals surface area (Å²) in [5.41, 5.74) is 2.03. The summed E-state index contributed by atoms with van der Waals surface area (Å²) in [7, 11) is 0. The lowest BCUT2D eigenvalue weighted by Gasteiger charge is -2.29. The second kappa shape index (κ2) is 8.78. The van der Waals surface area contributed by atoms with Crippen LogP contribution < -0.4 is 10.6 Å². The lowest BCUT2D eigenvalue weighted by Crippen LogP contribution is -2.39. The largest absolute Gasteiger partial charge is 0.336 e. The first-order chi connectivity index (χ1) is 12.7. The first-order valence-electron chi connectivity index (χ1n) is 8.86. The summed E-state index contributed by atoms with van der Waals surface area (Å²) in [6, 6.07) is 9.84. The summed E-state index contributed by atoms with van der Waals surface area (Å²) in [4.78, 5) is 19.0. The van der Waals surface area contributed by atoms with Crippen molar-refractivity contribution in [2.45, 2.75) is 19.9 Å². The molecular weight excluding hydrogens is 344 g/mol. The van der Waals surface area contributed by atoms with Gasteiger partial charge in [0.2, 0.25) is 0 Å². The van der Waals surface area contributed by atoms with Gasteiger partial charge in [-0.15, -0.1) is 0 Å². The summed E-state index contributed by atoms with van der Waals surface area (Å²) in [6.45, 7) is 6.74. The van der Waals surface area contributed by atoms with Crippen LogP contribution in [0.5, 0.6) is 0 Å². The highest BCUT2D eigenvalue weighted by Gasteiger charge is 2.19. The molecule has 2 heterocycles. The predicted molar refractivity (Wildman–Crippen MR) is 109 cm³/mol. The smallest absolute Gasteiger partial charge is 0.319 e. The highest BCUT2D eigenvalue weighted by molar-refractivity contribution is 7.07. The van der Waals surface area contributed by atoms with Crippen molar-refractivity contribution in [3.05, 3.63) is 59.0 Å². The average molecular weight is 369 g/mol. The number of carbonyl (C=O) groups excluding carboxylic acids is 1. The summed E-state index contributed by atoms with van der Waals surface area (Å²) in [5, 5.41) is 12.2. The van der Waals surface area contributed by atoms with E-state index in [-0.39, 0.29) is 12.1 Å². The van der Waals surface area contributed by atoms with Crippen molar-refractivity contribution in [2.24, 2.45) is 0 Å². The molecule has 5 nitrogen and oxygen atoms in total. The lowest BCUT2D eigenvalue weighted by molar-refractivity contribution is 0.210. The number of aromatic nitrogens is 1. The predicted octanol–water partition coefficient (Wildman–Crippen LogP) is 4.50. The van der Waals surface area contributed by atoms with Gasteiger partial charge in [0.25, 0.3) is 0 Å². The number of thiophene rings is 1. The molecule has 1 atom stereocenters. The molecule has 0 aliphatic rings. The second-order valence-electron chi connectivity index (χ2n) is 6.03. The van der Waals surface area contributed by atoms with Crippen LogP contribution in [0.2, 0.25) is 0 Å². The van der Waals surface area contributed by atoms with E-state index >= 15 is 0 Å². The Kier molecular flexibility index (Phi) is 6.20. The Labute approximate surface area is 158 Å². The van der Waals surface area contributed by atoms with Gasteiger partial charge in [0.1, 0.15) is 0 Å². The Balaban J connectivity index is 1.68. The summed E-state index contributed by atoms with van der Waals surface area (Å²) in [6.07, 6.45) is 3.53. The molecule has 2 amide bonds. The van der Waals surface area contributed by atoms with E-state index in [0.29, 0.717) is 6.54 Å². The molecule has 2 N–H and O–H groups in total. The van der Waals surface area contributed by atoms with E-state index in [2.05, 4.69) is 51.2 Å². The maximum Gasteiger partial charge on any atom is 0.319 e. The summed E-state index contributed by atoms with van der Waals surface area (Å²) in [5.74, 6) is 0. The highest BCUT2D eigenvalue weighted by Crippen LogP contribution is 2.23. The molecule has 136 valence electrons. The zero-order chi connectivity index (χ0) is 18.4. The van der Waals surface area contributed by atoms with Gasteiger partial charge in [-0.1, -0.05) is 26.0 Å². The zero-order valence-corrected chi connectivity index (χ0v) is 15.9. The number of urea groups is 1.